The summed E-state index contributed by atoms with van der Waals surface area (Å²) >= 11 is 0. The van der Waals surface area contributed by atoms with Crippen molar-refractivity contribution in [1.82, 2.24) is 5.32 Å². The Hall–Kier alpha value is -1.06. The fourth-order valence-corrected chi connectivity index (χ4v) is 2.60. The zero-order chi connectivity index (χ0) is 13.9. The van der Waals surface area contributed by atoms with Crippen LogP contribution >= 0.6 is 0 Å². The molecule has 2 rings (SSSR count). The molecule has 1 aromatic carbocycles. The van der Waals surface area contributed by atoms with E-state index in [9.17, 15) is 5.11 Å². The molecule has 1 aliphatic rings. The van der Waals surface area contributed by atoms with Crippen LogP contribution in [0.25, 0.3) is 0 Å². The van der Waals surface area contributed by atoms with Crippen LogP contribution in [0.3, 0.4) is 0 Å². The Kier molecular flexibility index (Phi) is 4.48. The van der Waals surface area contributed by atoms with Crippen LogP contribution in [0.15, 0.2) is 24.3 Å². The molecular weight excluding hydrogens is 238 g/mol. The Balaban J connectivity index is 1.76. The van der Waals surface area contributed by atoms with Crippen LogP contribution in [-0.2, 0) is 0 Å². The molecule has 2 N–H and O–H groups in total. The highest BCUT2D eigenvalue weighted by atomic mass is 16.5. The number of aliphatic hydroxyl groups excluding tert-OH is 1. The van der Waals surface area contributed by atoms with Gasteiger partial charge in [0.15, 0.2) is 0 Å². The number of hydrogen-bond acceptors (Lipinski definition) is 3. The van der Waals surface area contributed by atoms with E-state index in [1.165, 1.54) is 5.56 Å². The highest BCUT2D eigenvalue weighted by molar-refractivity contribution is 5.39. The largest absolute Gasteiger partial charge is 0.493 e. The standard InChI is InChI=1S/C16H25NO2/c1-16(2,3)8-13(18)10-17-9-12-11-19-15-7-5-4-6-14(12)15/h4-7,12-13,17-18H,8-11H2,1-3H3. The van der Waals surface area contributed by atoms with E-state index < -0.39 is 0 Å². The summed E-state index contributed by atoms with van der Waals surface area (Å²) in [7, 11) is 0. The van der Waals surface area contributed by atoms with Crippen LogP contribution < -0.4 is 10.1 Å². The summed E-state index contributed by atoms with van der Waals surface area (Å²) < 4.78 is 5.65. The molecular formula is C16H25NO2. The van der Waals surface area contributed by atoms with Gasteiger partial charge in [-0.05, 0) is 17.9 Å². The molecule has 1 heterocycles. The molecule has 1 aromatic rings. The van der Waals surface area contributed by atoms with Gasteiger partial charge < -0.3 is 15.2 Å². The molecule has 0 fully saturated rings. The van der Waals surface area contributed by atoms with E-state index in [-0.39, 0.29) is 11.5 Å². The Morgan fingerprint density at radius 3 is 2.84 bits per heavy atom. The summed E-state index contributed by atoms with van der Waals surface area (Å²) in [5.74, 6) is 1.41. The van der Waals surface area contributed by atoms with Crippen LogP contribution in [0.2, 0.25) is 0 Å². The van der Waals surface area contributed by atoms with Crippen molar-refractivity contribution in [2.45, 2.75) is 39.2 Å². The molecule has 0 saturated carbocycles. The topological polar surface area (TPSA) is 41.5 Å². The first-order valence-electron chi connectivity index (χ1n) is 7.06. The average molecular weight is 263 g/mol. The first-order valence-corrected chi connectivity index (χ1v) is 7.06. The third-order valence-corrected chi connectivity index (χ3v) is 3.42. The minimum atomic E-state index is -0.280. The quantitative estimate of drug-likeness (QED) is 0.858. The molecule has 0 aromatic heterocycles. The van der Waals surface area contributed by atoms with Crippen LogP contribution in [0.1, 0.15) is 38.7 Å². The second kappa shape index (κ2) is 5.93. The lowest BCUT2D eigenvalue weighted by Gasteiger charge is -2.23. The van der Waals surface area contributed by atoms with E-state index in [4.69, 9.17) is 4.74 Å². The smallest absolute Gasteiger partial charge is 0.122 e. The van der Waals surface area contributed by atoms with Crippen molar-refractivity contribution in [3.05, 3.63) is 29.8 Å². The van der Waals surface area contributed by atoms with Crippen molar-refractivity contribution in [3.8, 4) is 5.75 Å². The van der Waals surface area contributed by atoms with Crippen molar-refractivity contribution in [2.24, 2.45) is 5.41 Å². The first kappa shape index (κ1) is 14.4. The van der Waals surface area contributed by atoms with Gasteiger partial charge >= 0.3 is 0 Å². The van der Waals surface area contributed by atoms with Crippen LogP contribution in [0, 0.1) is 5.41 Å². The molecule has 106 valence electrons. The number of nitrogens with one attached hydrogen (secondary N) is 1. The minimum Gasteiger partial charge on any atom is -0.493 e. The Bertz CT molecular complexity index is 411. The van der Waals surface area contributed by atoms with Crippen LogP contribution in [0.5, 0.6) is 5.75 Å². The lowest BCUT2D eigenvalue weighted by molar-refractivity contribution is 0.119. The summed E-state index contributed by atoms with van der Waals surface area (Å²) in [6.45, 7) is 8.70. The van der Waals surface area contributed by atoms with Gasteiger partial charge in [0.2, 0.25) is 0 Å². The van der Waals surface area contributed by atoms with Crippen molar-refractivity contribution in [1.29, 1.82) is 0 Å². The third-order valence-electron chi connectivity index (χ3n) is 3.42. The van der Waals surface area contributed by atoms with Crippen LogP contribution in [0.4, 0.5) is 0 Å². The molecule has 19 heavy (non-hydrogen) atoms. The molecule has 2 atom stereocenters. The van der Waals surface area contributed by atoms with Gasteiger partial charge in [-0.25, -0.2) is 0 Å². The minimum absolute atomic E-state index is 0.171. The maximum atomic E-state index is 9.96. The fraction of sp³-hybridized carbons (Fsp3) is 0.625. The van der Waals surface area contributed by atoms with Gasteiger partial charge in [0.25, 0.3) is 0 Å². The maximum absolute atomic E-state index is 9.96. The highest BCUT2D eigenvalue weighted by Crippen LogP contribution is 2.32. The van der Waals surface area contributed by atoms with Gasteiger partial charge in [-0.1, -0.05) is 39.0 Å². The molecule has 3 heteroatoms. The highest BCUT2D eigenvalue weighted by Gasteiger charge is 2.23. The number of aliphatic hydroxyl groups is 1. The van der Waals surface area contributed by atoms with E-state index in [1.54, 1.807) is 0 Å². The summed E-state index contributed by atoms with van der Waals surface area (Å²) in [4.78, 5) is 0. The summed E-state index contributed by atoms with van der Waals surface area (Å²) in [5, 5.41) is 13.3. The SMILES string of the molecule is CC(C)(C)CC(O)CNCC1COc2ccccc21. The molecule has 1 aliphatic heterocycles. The monoisotopic (exact) mass is 263 g/mol. The van der Waals surface area contributed by atoms with E-state index >= 15 is 0 Å². The van der Waals surface area contributed by atoms with Crippen molar-refractivity contribution >= 4 is 0 Å². The van der Waals surface area contributed by atoms with Crippen molar-refractivity contribution in [2.75, 3.05) is 19.7 Å². The van der Waals surface area contributed by atoms with E-state index in [0.717, 1.165) is 25.3 Å². The number of rotatable bonds is 5. The normalized spacial score (nSPS) is 19.9. The third kappa shape index (κ3) is 4.22. The van der Waals surface area contributed by atoms with Gasteiger partial charge in [-0.15, -0.1) is 0 Å². The predicted octanol–water partition coefficient (Wildman–Crippen LogP) is 2.55. The van der Waals surface area contributed by atoms with Gasteiger partial charge in [-0.3, -0.25) is 0 Å². The first-order chi connectivity index (χ1) is 8.96. The van der Waals surface area contributed by atoms with Crippen LogP contribution in [-0.4, -0.2) is 30.9 Å². The molecule has 0 saturated heterocycles. The van der Waals surface area contributed by atoms with E-state index in [1.807, 2.05) is 12.1 Å². The molecule has 0 spiro atoms. The molecule has 0 amide bonds. The van der Waals surface area contributed by atoms with Gasteiger partial charge in [-0.2, -0.15) is 0 Å². The lowest BCUT2D eigenvalue weighted by atomic mass is 9.89. The Morgan fingerprint density at radius 2 is 2.11 bits per heavy atom. The van der Waals surface area contributed by atoms with E-state index in [2.05, 4.69) is 38.2 Å². The number of ether oxygens (including phenoxy) is 1. The summed E-state index contributed by atoms with van der Waals surface area (Å²) in [6, 6.07) is 8.20. The van der Waals surface area contributed by atoms with E-state index in [0.29, 0.717) is 12.5 Å². The molecule has 2 unspecified atom stereocenters. The number of fused-ring (bicyclic) bond motifs is 1. The number of benzene rings is 1. The number of hydrogen-bond donors (Lipinski definition) is 2. The fourth-order valence-electron chi connectivity index (χ4n) is 2.60. The molecule has 3 nitrogen and oxygen atoms in total. The molecule has 0 radical (unpaired) electrons. The van der Waals surface area contributed by atoms with Gasteiger partial charge in [0.05, 0.1) is 12.7 Å². The molecule has 0 aliphatic carbocycles. The summed E-state index contributed by atoms with van der Waals surface area (Å²) in [5.41, 5.74) is 1.45. The Labute approximate surface area is 116 Å². The predicted molar refractivity (Wildman–Crippen MR) is 77.6 cm³/mol. The Morgan fingerprint density at radius 1 is 1.37 bits per heavy atom. The molecule has 0 bridgehead atoms. The zero-order valence-corrected chi connectivity index (χ0v) is 12.1. The summed E-state index contributed by atoms with van der Waals surface area (Å²) in [6.07, 6.45) is 0.537. The van der Waals surface area contributed by atoms with Gasteiger partial charge in [0.1, 0.15) is 5.75 Å². The number of para-hydroxylation sites is 1. The maximum Gasteiger partial charge on any atom is 0.122 e. The second-order valence-corrected chi connectivity index (χ2v) is 6.62. The lowest BCUT2D eigenvalue weighted by Crippen LogP contribution is -2.33. The van der Waals surface area contributed by atoms with Gasteiger partial charge in [0, 0.05) is 24.6 Å². The average Bonchev–Trinajstić information content (AvgIpc) is 2.70. The second-order valence-electron chi connectivity index (χ2n) is 6.62. The zero-order valence-electron chi connectivity index (χ0n) is 12.1. The van der Waals surface area contributed by atoms with Crippen molar-refractivity contribution in [3.63, 3.8) is 0 Å². The van der Waals surface area contributed by atoms with Crippen molar-refractivity contribution < 1.29 is 9.84 Å².